The minimum atomic E-state index is -3.07. The number of benzene rings is 6. The van der Waals surface area contributed by atoms with E-state index in [-0.39, 0.29) is 61.6 Å². The average Bonchev–Trinajstić information content (AvgIpc) is 3.20. The Morgan fingerprint density at radius 3 is 1.37 bits per heavy atom. The number of fused-ring (bicyclic) bond motifs is 4. The second-order valence-electron chi connectivity index (χ2n) is 16.9. The fraction of sp³-hybridized carbons (Fsp3) is 0.321. The number of aryl methyl sites for hydroxylation is 2. The Hall–Kier alpha value is -5.48. The molecule has 4 nitrogen and oxygen atoms in total. The fourth-order valence-electron chi connectivity index (χ4n) is 8.44. The molecule has 0 saturated heterocycles. The molecule has 0 aliphatic carbocycles. The van der Waals surface area contributed by atoms with Crippen LogP contribution in [0.5, 0.6) is 23.0 Å². The van der Waals surface area contributed by atoms with Crippen molar-refractivity contribution in [1.82, 2.24) is 0 Å². The lowest BCUT2D eigenvalue weighted by atomic mass is 9.82. The molecule has 0 aromatic heterocycles. The molecule has 0 atom stereocenters. The van der Waals surface area contributed by atoms with E-state index < -0.39 is 54.9 Å². The van der Waals surface area contributed by atoms with Gasteiger partial charge in [-0.2, -0.15) is 0 Å². The predicted octanol–water partition coefficient (Wildman–Crippen LogP) is 14.1. The first-order valence-electron chi connectivity index (χ1n) is 24.8. The summed E-state index contributed by atoms with van der Waals surface area (Å²) in [6.07, 6.45) is -2.15. The number of ether oxygens (including phenoxy) is 4. The molecule has 0 saturated carbocycles. The Kier molecular flexibility index (Phi) is 6.48. The lowest BCUT2D eigenvalue weighted by Crippen LogP contribution is -2.35. The van der Waals surface area contributed by atoms with Crippen LogP contribution in [-0.2, 0) is 28.8 Å². The molecule has 2 heterocycles. The highest BCUT2D eigenvalue weighted by atomic mass is 16.5. The molecule has 0 unspecified atom stereocenters. The molecule has 0 N–H and O–H groups in total. The van der Waals surface area contributed by atoms with Crippen LogP contribution < -0.4 is 18.9 Å². The summed E-state index contributed by atoms with van der Waals surface area (Å²) < 4.78 is 128. The average molecular weight is 768 g/mol. The summed E-state index contributed by atoms with van der Waals surface area (Å²) in [6.45, 7) is 7.24. The zero-order chi connectivity index (χ0) is 49.9. The van der Waals surface area contributed by atoms with Crippen molar-refractivity contribution < 1.29 is 34.0 Å². The van der Waals surface area contributed by atoms with E-state index in [0.717, 1.165) is 5.56 Å². The lowest BCUT2D eigenvalue weighted by molar-refractivity contribution is 0.0520. The van der Waals surface area contributed by atoms with E-state index in [1.165, 1.54) is 31.2 Å². The van der Waals surface area contributed by atoms with Crippen molar-refractivity contribution in [3.05, 3.63) is 154 Å². The molecular weight excluding hydrogens is 701 g/mol. The zero-order valence-electron chi connectivity index (χ0n) is 45.0. The Balaban J connectivity index is 1.50. The molecule has 2 aliphatic heterocycles. The van der Waals surface area contributed by atoms with Crippen LogP contribution in [0, 0.1) is 20.6 Å². The van der Waals surface area contributed by atoms with Crippen LogP contribution in [0.1, 0.15) is 122 Å². The summed E-state index contributed by atoms with van der Waals surface area (Å²) >= 11 is 0. The maximum atomic E-state index is 9.31. The van der Waals surface area contributed by atoms with Crippen LogP contribution in [-0.4, -0.2) is 0 Å². The van der Waals surface area contributed by atoms with Crippen molar-refractivity contribution in [3.63, 3.8) is 0 Å². The number of para-hydroxylation sites is 4. The highest BCUT2D eigenvalue weighted by Crippen LogP contribution is 2.52. The van der Waals surface area contributed by atoms with E-state index in [2.05, 4.69) is 0 Å². The van der Waals surface area contributed by atoms with Gasteiger partial charge >= 0.3 is 0 Å². The summed E-state index contributed by atoms with van der Waals surface area (Å²) in [6, 6.07) is 30.9. The largest absolute Gasteiger partial charge is 0.483 e. The van der Waals surface area contributed by atoms with Crippen molar-refractivity contribution in [1.29, 1.82) is 0 Å². The van der Waals surface area contributed by atoms with Gasteiger partial charge in [-0.15, -0.1) is 0 Å². The van der Waals surface area contributed by atoms with Crippen molar-refractivity contribution >= 4 is 0 Å². The maximum absolute atomic E-state index is 9.31. The topological polar surface area (TPSA) is 36.9 Å². The standard InChI is InChI=1S/C53H56O4/c1-13-35-29-31-37(34(4)47(35)39-21-19-25-43-49(39)57-51(7,8)41-23-15-17-27-45(41)55-53(43,11)12)36-30-28-32(2)46(33(36)3)38-20-18-24-42-48(38)56-50(5,6)40-22-14-16-26-44(40)54-52(42,9)10/h14-31H,13H2,1-12H3/i2D3,3D3,4D3,13D2. The molecule has 4 heteroatoms. The molecule has 6 aromatic rings. The fourth-order valence-corrected chi connectivity index (χ4v) is 8.44. The van der Waals surface area contributed by atoms with Gasteiger partial charge in [0, 0.05) is 48.5 Å². The highest BCUT2D eigenvalue weighted by molar-refractivity contribution is 5.89. The molecule has 0 bridgehead atoms. The van der Waals surface area contributed by atoms with E-state index in [0.29, 0.717) is 28.2 Å². The molecule has 2 aliphatic rings. The summed E-state index contributed by atoms with van der Waals surface area (Å²) in [5.74, 6) is 1.64. The first-order chi connectivity index (χ1) is 31.3. The maximum Gasteiger partial charge on any atom is 0.135 e. The van der Waals surface area contributed by atoms with Gasteiger partial charge in [0.2, 0.25) is 0 Å². The van der Waals surface area contributed by atoms with E-state index in [1.54, 1.807) is 30.3 Å². The molecule has 57 heavy (non-hydrogen) atoms. The van der Waals surface area contributed by atoms with Crippen molar-refractivity contribution in [3.8, 4) is 56.4 Å². The van der Waals surface area contributed by atoms with E-state index >= 15 is 0 Å². The highest BCUT2D eigenvalue weighted by Gasteiger charge is 2.40. The molecule has 8 rings (SSSR count). The molecule has 0 radical (unpaired) electrons. The molecule has 0 amide bonds. The Morgan fingerprint density at radius 1 is 0.439 bits per heavy atom. The third kappa shape index (κ3) is 6.38. The van der Waals surface area contributed by atoms with E-state index in [9.17, 15) is 8.22 Å². The van der Waals surface area contributed by atoms with Gasteiger partial charge in [0.1, 0.15) is 45.4 Å². The van der Waals surface area contributed by atoms with Gasteiger partial charge in [0.05, 0.1) is 0 Å². The van der Waals surface area contributed by atoms with Gasteiger partial charge in [-0.3, -0.25) is 0 Å². The van der Waals surface area contributed by atoms with Gasteiger partial charge in [-0.1, -0.05) is 104 Å². The van der Waals surface area contributed by atoms with Crippen LogP contribution in [0.4, 0.5) is 0 Å². The van der Waals surface area contributed by atoms with Crippen LogP contribution in [0.2, 0.25) is 0 Å². The molecule has 6 aromatic carbocycles. The smallest absolute Gasteiger partial charge is 0.135 e. The number of hydrogen-bond acceptors (Lipinski definition) is 4. The predicted molar refractivity (Wildman–Crippen MR) is 234 cm³/mol. The third-order valence-corrected chi connectivity index (χ3v) is 11.4. The molecule has 0 spiro atoms. The van der Waals surface area contributed by atoms with Crippen molar-refractivity contribution in [2.24, 2.45) is 0 Å². The Labute approximate surface area is 355 Å². The van der Waals surface area contributed by atoms with Crippen LogP contribution >= 0.6 is 0 Å². The van der Waals surface area contributed by atoms with Crippen LogP contribution in [0.3, 0.4) is 0 Å². The monoisotopic (exact) mass is 767 g/mol. The Bertz CT molecular complexity index is 2770. The summed E-state index contributed by atoms with van der Waals surface area (Å²) in [7, 11) is 0. The van der Waals surface area contributed by atoms with Gasteiger partial charge < -0.3 is 18.9 Å². The summed E-state index contributed by atoms with van der Waals surface area (Å²) in [5.41, 5.74) is -2.70. The second kappa shape index (κ2) is 13.6. The van der Waals surface area contributed by atoms with Crippen LogP contribution in [0.25, 0.3) is 33.4 Å². The van der Waals surface area contributed by atoms with Crippen molar-refractivity contribution in [2.45, 2.75) is 112 Å². The van der Waals surface area contributed by atoms with Gasteiger partial charge in [-0.05, 0) is 139 Å². The zero-order valence-corrected chi connectivity index (χ0v) is 34.0. The van der Waals surface area contributed by atoms with Crippen molar-refractivity contribution in [2.75, 3.05) is 0 Å². The number of hydrogen-bond donors (Lipinski definition) is 0. The lowest BCUT2D eigenvalue weighted by Gasteiger charge is -2.39. The Morgan fingerprint density at radius 2 is 0.877 bits per heavy atom. The minimum Gasteiger partial charge on any atom is -0.483 e. The summed E-state index contributed by atoms with van der Waals surface area (Å²) in [4.78, 5) is 0. The first kappa shape index (κ1) is 27.2. The quantitative estimate of drug-likeness (QED) is 0.179. The normalized spacial score (nSPS) is 20.7. The van der Waals surface area contributed by atoms with E-state index in [4.69, 9.17) is 25.8 Å². The van der Waals surface area contributed by atoms with Crippen LogP contribution in [0.15, 0.2) is 109 Å². The molecular formula is C53H56O4. The number of rotatable bonds is 4. The van der Waals surface area contributed by atoms with Gasteiger partial charge in [0.15, 0.2) is 0 Å². The molecule has 0 fully saturated rings. The third-order valence-electron chi connectivity index (χ3n) is 11.4. The van der Waals surface area contributed by atoms with E-state index in [1.807, 2.05) is 110 Å². The minimum absolute atomic E-state index is 0.0146. The SMILES string of the molecule is [2H]C([2H])([2H])c1ccc(-c2ccc(C([2H])([2H])C)c(-c3cccc4c3OC(C)(C)c3ccccc3OC4(C)C)c2C([2H])([2H])[2H])c(C([2H])([2H])[2H])c1-c1cccc2c1OC(C)(C)c1ccccc1OC2(C)C. The molecule has 292 valence electrons. The second-order valence-corrected chi connectivity index (χ2v) is 16.9. The summed E-state index contributed by atoms with van der Waals surface area (Å²) in [5, 5.41) is 0. The van der Waals surface area contributed by atoms with Gasteiger partial charge in [-0.25, -0.2) is 0 Å². The first-order valence-corrected chi connectivity index (χ1v) is 19.3. The van der Waals surface area contributed by atoms with Gasteiger partial charge in [0.25, 0.3) is 0 Å².